The van der Waals surface area contributed by atoms with Crippen molar-refractivity contribution in [1.82, 2.24) is 0 Å². The van der Waals surface area contributed by atoms with Gasteiger partial charge in [0.05, 0.1) is 6.04 Å². The van der Waals surface area contributed by atoms with Gasteiger partial charge >= 0.3 is 0 Å². The van der Waals surface area contributed by atoms with Gasteiger partial charge in [0.25, 0.3) is 0 Å². The molecule has 1 atom stereocenters. The van der Waals surface area contributed by atoms with E-state index < -0.39 is 0 Å². The van der Waals surface area contributed by atoms with Crippen LogP contribution in [0, 0.1) is 0 Å². The fraction of sp³-hybridized carbons (Fsp3) is 0.333. The minimum atomic E-state index is 0.122. The molecule has 1 N–H and O–H groups in total. The van der Waals surface area contributed by atoms with Crippen molar-refractivity contribution in [3.05, 3.63) is 58.6 Å². The average Bonchev–Trinajstić information content (AvgIpc) is 2.51. The van der Waals surface area contributed by atoms with E-state index >= 15 is 0 Å². The summed E-state index contributed by atoms with van der Waals surface area (Å²) >= 11 is 3.49. The van der Waals surface area contributed by atoms with E-state index in [9.17, 15) is 5.11 Å². The Labute approximate surface area is 135 Å². The number of unbranched alkanes of at least 4 members (excludes halogenated alkanes) is 1. The van der Waals surface area contributed by atoms with Crippen LogP contribution >= 0.6 is 15.9 Å². The van der Waals surface area contributed by atoms with Gasteiger partial charge in [-0.15, -0.1) is 0 Å². The summed E-state index contributed by atoms with van der Waals surface area (Å²) in [5, 5.41) is 10.2. The molecule has 0 aromatic heterocycles. The third-order valence-corrected chi connectivity index (χ3v) is 4.24. The van der Waals surface area contributed by atoms with E-state index in [4.69, 9.17) is 0 Å². The van der Waals surface area contributed by atoms with Gasteiger partial charge < -0.3 is 10.0 Å². The maximum absolute atomic E-state index is 10.2. The standard InChI is InChI=1S/C18H22BrNO/c1-3-4-12-20(16-8-6-5-7-9-16)14(2)17-13-15(19)10-11-18(17)21/h5-11,13-14,21H,3-4,12H2,1-2H3. The maximum Gasteiger partial charge on any atom is 0.120 e. The highest BCUT2D eigenvalue weighted by Crippen LogP contribution is 2.33. The Morgan fingerprint density at radius 1 is 1.14 bits per heavy atom. The first-order valence-corrected chi connectivity index (χ1v) is 8.23. The molecule has 2 nitrogen and oxygen atoms in total. The summed E-state index contributed by atoms with van der Waals surface area (Å²) in [6, 6.07) is 16.1. The van der Waals surface area contributed by atoms with Crippen LogP contribution in [0.25, 0.3) is 0 Å². The molecule has 3 heteroatoms. The predicted octanol–water partition coefficient (Wildman–Crippen LogP) is 5.52. The number of para-hydroxylation sites is 1. The molecule has 2 rings (SSSR count). The Morgan fingerprint density at radius 3 is 2.52 bits per heavy atom. The van der Waals surface area contributed by atoms with Crippen LogP contribution in [-0.4, -0.2) is 11.7 Å². The summed E-state index contributed by atoms with van der Waals surface area (Å²) < 4.78 is 0.991. The lowest BCUT2D eigenvalue weighted by Gasteiger charge is -2.32. The Morgan fingerprint density at radius 2 is 1.86 bits per heavy atom. The molecule has 0 spiro atoms. The molecule has 0 saturated carbocycles. The summed E-state index contributed by atoms with van der Waals surface area (Å²) in [4.78, 5) is 2.35. The van der Waals surface area contributed by atoms with Crippen LogP contribution < -0.4 is 4.90 Å². The lowest BCUT2D eigenvalue weighted by molar-refractivity contribution is 0.460. The molecule has 0 saturated heterocycles. The zero-order chi connectivity index (χ0) is 15.2. The SMILES string of the molecule is CCCCN(c1ccccc1)C(C)c1cc(Br)ccc1O. The molecule has 112 valence electrons. The lowest BCUT2D eigenvalue weighted by Crippen LogP contribution is -2.28. The van der Waals surface area contributed by atoms with Crippen molar-refractivity contribution in [1.29, 1.82) is 0 Å². The van der Waals surface area contributed by atoms with Crippen molar-refractivity contribution in [3.63, 3.8) is 0 Å². The molecule has 0 radical (unpaired) electrons. The van der Waals surface area contributed by atoms with Crippen molar-refractivity contribution in [2.45, 2.75) is 32.7 Å². The Bertz CT molecular complexity index is 571. The molecule has 0 bridgehead atoms. The Balaban J connectivity index is 2.33. The highest BCUT2D eigenvalue weighted by Gasteiger charge is 2.19. The van der Waals surface area contributed by atoms with Crippen molar-refractivity contribution < 1.29 is 5.11 Å². The molecule has 2 aromatic carbocycles. The van der Waals surface area contributed by atoms with Crippen LogP contribution in [0.5, 0.6) is 5.75 Å². The zero-order valence-electron chi connectivity index (χ0n) is 12.6. The molecule has 2 aromatic rings. The number of phenols is 1. The topological polar surface area (TPSA) is 23.5 Å². The highest BCUT2D eigenvalue weighted by molar-refractivity contribution is 9.10. The van der Waals surface area contributed by atoms with Gasteiger partial charge in [-0.05, 0) is 43.7 Å². The minimum Gasteiger partial charge on any atom is -0.508 e. The van der Waals surface area contributed by atoms with E-state index in [0.717, 1.165) is 29.4 Å². The largest absolute Gasteiger partial charge is 0.508 e. The van der Waals surface area contributed by atoms with Crippen LogP contribution in [0.1, 0.15) is 38.3 Å². The number of benzene rings is 2. The monoisotopic (exact) mass is 347 g/mol. The van der Waals surface area contributed by atoms with Gasteiger partial charge in [0.15, 0.2) is 0 Å². The molecule has 0 aliphatic carbocycles. The van der Waals surface area contributed by atoms with E-state index in [1.165, 1.54) is 5.69 Å². The van der Waals surface area contributed by atoms with Gasteiger partial charge in [0, 0.05) is 22.3 Å². The van der Waals surface area contributed by atoms with Crippen LogP contribution in [0.15, 0.2) is 53.0 Å². The first-order valence-electron chi connectivity index (χ1n) is 7.43. The summed E-state index contributed by atoms with van der Waals surface area (Å²) in [5.41, 5.74) is 2.14. The number of hydrogen-bond donors (Lipinski definition) is 1. The maximum atomic E-state index is 10.2. The second kappa shape index (κ2) is 7.51. The number of rotatable bonds is 6. The van der Waals surface area contributed by atoms with Gasteiger partial charge in [0.2, 0.25) is 0 Å². The number of hydrogen-bond acceptors (Lipinski definition) is 2. The van der Waals surface area contributed by atoms with E-state index in [0.29, 0.717) is 5.75 Å². The molecule has 1 unspecified atom stereocenters. The Kier molecular flexibility index (Phi) is 5.68. The fourth-order valence-corrected chi connectivity index (χ4v) is 2.90. The summed E-state index contributed by atoms with van der Waals surface area (Å²) in [6.45, 7) is 5.32. The number of aromatic hydroxyl groups is 1. The molecule has 21 heavy (non-hydrogen) atoms. The second-order valence-electron chi connectivity index (χ2n) is 5.26. The Hall–Kier alpha value is -1.48. The second-order valence-corrected chi connectivity index (χ2v) is 6.18. The van der Waals surface area contributed by atoms with Crippen LogP contribution in [-0.2, 0) is 0 Å². The molecule has 0 aliphatic heterocycles. The van der Waals surface area contributed by atoms with E-state index in [2.05, 4.69) is 58.9 Å². The molecule has 0 aliphatic rings. The first kappa shape index (κ1) is 15.9. The minimum absolute atomic E-state index is 0.122. The lowest BCUT2D eigenvalue weighted by atomic mass is 10.0. The quantitative estimate of drug-likeness (QED) is 0.743. The smallest absolute Gasteiger partial charge is 0.120 e. The van der Waals surface area contributed by atoms with E-state index in [1.807, 2.05) is 18.2 Å². The third-order valence-electron chi connectivity index (χ3n) is 3.75. The van der Waals surface area contributed by atoms with Crippen molar-refractivity contribution in [2.24, 2.45) is 0 Å². The number of nitrogens with zero attached hydrogens (tertiary/aromatic N) is 1. The van der Waals surface area contributed by atoms with Gasteiger partial charge in [-0.3, -0.25) is 0 Å². The normalized spacial score (nSPS) is 12.1. The predicted molar refractivity (Wildman–Crippen MR) is 92.9 cm³/mol. The van der Waals surface area contributed by atoms with Crippen molar-refractivity contribution in [2.75, 3.05) is 11.4 Å². The molecule has 0 heterocycles. The van der Waals surface area contributed by atoms with E-state index in [-0.39, 0.29) is 6.04 Å². The van der Waals surface area contributed by atoms with Gasteiger partial charge in [-0.2, -0.15) is 0 Å². The molecule has 0 amide bonds. The zero-order valence-corrected chi connectivity index (χ0v) is 14.2. The summed E-state index contributed by atoms with van der Waals surface area (Å²) in [6.07, 6.45) is 2.29. The summed E-state index contributed by atoms with van der Waals surface area (Å²) in [7, 11) is 0. The molecule has 0 fully saturated rings. The van der Waals surface area contributed by atoms with Gasteiger partial charge in [-0.25, -0.2) is 0 Å². The fourth-order valence-electron chi connectivity index (χ4n) is 2.52. The molecular formula is C18H22BrNO. The molecular weight excluding hydrogens is 326 g/mol. The number of anilines is 1. The number of phenolic OH excluding ortho intramolecular Hbond substituents is 1. The van der Waals surface area contributed by atoms with Crippen molar-refractivity contribution >= 4 is 21.6 Å². The third kappa shape index (κ3) is 4.01. The first-order chi connectivity index (χ1) is 10.1. The van der Waals surface area contributed by atoms with Crippen molar-refractivity contribution in [3.8, 4) is 5.75 Å². The van der Waals surface area contributed by atoms with Gasteiger partial charge in [-0.1, -0.05) is 47.5 Å². The van der Waals surface area contributed by atoms with Crippen LogP contribution in [0.4, 0.5) is 5.69 Å². The number of halogens is 1. The highest BCUT2D eigenvalue weighted by atomic mass is 79.9. The average molecular weight is 348 g/mol. The van der Waals surface area contributed by atoms with Crippen LogP contribution in [0.2, 0.25) is 0 Å². The summed E-state index contributed by atoms with van der Waals surface area (Å²) in [5.74, 6) is 0.350. The van der Waals surface area contributed by atoms with Crippen LogP contribution in [0.3, 0.4) is 0 Å². The van der Waals surface area contributed by atoms with E-state index in [1.54, 1.807) is 6.07 Å². The van der Waals surface area contributed by atoms with Gasteiger partial charge in [0.1, 0.15) is 5.75 Å².